The van der Waals surface area contributed by atoms with E-state index in [0.717, 1.165) is 15.9 Å². The minimum atomic E-state index is -2.40. The van der Waals surface area contributed by atoms with Gasteiger partial charge in [-0.3, -0.25) is 9.59 Å². The Balaban J connectivity index is 2.20. The molecule has 0 amide bonds. The van der Waals surface area contributed by atoms with Crippen molar-refractivity contribution in [1.29, 1.82) is 0 Å². The number of hydrogen-bond acceptors (Lipinski definition) is 3. The van der Waals surface area contributed by atoms with Gasteiger partial charge in [-0.25, -0.2) is 0 Å². The first-order chi connectivity index (χ1) is 14.3. The molecule has 0 spiro atoms. The van der Waals surface area contributed by atoms with Crippen LogP contribution in [0.3, 0.4) is 0 Å². The van der Waals surface area contributed by atoms with Gasteiger partial charge in [0.2, 0.25) is 0 Å². The molecule has 4 heteroatoms. The van der Waals surface area contributed by atoms with Gasteiger partial charge in [-0.1, -0.05) is 91.0 Å². The third-order valence-electron chi connectivity index (χ3n) is 4.57. The molecule has 3 nitrogen and oxygen atoms in total. The molecule has 0 heterocycles. The van der Waals surface area contributed by atoms with Crippen molar-refractivity contribution in [2.45, 2.75) is 32.8 Å². The van der Waals surface area contributed by atoms with E-state index in [4.69, 9.17) is 4.74 Å². The smallest absolute Gasteiger partial charge is 0.314 e. The number of ether oxygens (including phenoxy) is 1. The Bertz CT molecular complexity index is 946. The first kappa shape index (κ1) is 21.8. The van der Waals surface area contributed by atoms with Crippen molar-refractivity contribution >= 4 is 40.3 Å². The molecule has 0 aliphatic carbocycles. The van der Waals surface area contributed by atoms with Crippen molar-refractivity contribution in [3.63, 3.8) is 0 Å². The molecule has 0 fully saturated rings. The average Bonchev–Trinajstić information content (AvgIpc) is 2.72. The van der Waals surface area contributed by atoms with Gasteiger partial charge in [-0.15, -0.1) is 0 Å². The predicted molar refractivity (Wildman–Crippen MR) is 127 cm³/mol. The average molecular weight is 418 g/mol. The molecule has 3 aromatic rings. The molecule has 0 saturated carbocycles. The van der Waals surface area contributed by atoms with Crippen LogP contribution < -0.4 is 15.9 Å². The zero-order valence-corrected chi connectivity index (χ0v) is 18.5. The highest BCUT2D eigenvalue weighted by molar-refractivity contribution is 7.95. The van der Waals surface area contributed by atoms with E-state index in [-0.39, 0.29) is 12.2 Å². The predicted octanol–water partition coefficient (Wildman–Crippen LogP) is 4.08. The fourth-order valence-corrected chi connectivity index (χ4v) is 7.23. The molecule has 3 rings (SSSR count). The van der Waals surface area contributed by atoms with Gasteiger partial charge < -0.3 is 4.74 Å². The van der Waals surface area contributed by atoms with Crippen LogP contribution in [0, 0.1) is 0 Å². The van der Waals surface area contributed by atoms with Gasteiger partial charge in [0.15, 0.2) is 5.78 Å². The van der Waals surface area contributed by atoms with E-state index < -0.39 is 18.5 Å². The van der Waals surface area contributed by atoms with E-state index in [2.05, 4.69) is 36.4 Å². The number of benzene rings is 3. The summed E-state index contributed by atoms with van der Waals surface area (Å²) < 4.78 is 5.37. The van der Waals surface area contributed by atoms with Crippen molar-refractivity contribution in [1.82, 2.24) is 0 Å². The lowest BCUT2D eigenvalue weighted by molar-refractivity contribution is -0.155. The van der Waals surface area contributed by atoms with Gasteiger partial charge >= 0.3 is 5.97 Å². The maximum atomic E-state index is 13.1. The summed E-state index contributed by atoms with van der Waals surface area (Å²) in [5.74, 6) is 1.04. The zero-order valence-electron chi connectivity index (χ0n) is 17.6. The van der Waals surface area contributed by atoms with Crippen molar-refractivity contribution in [2.75, 3.05) is 0 Å². The minimum absolute atomic E-state index is 0.228. The van der Waals surface area contributed by atoms with Crippen LogP contribution in [0.2, 0.25) is 0 Å². The second kappa shape index (κ2) is 9.28. The Hall–Kier alpha value is -2.90. The number of rotatable bonds is 6. The number of carbonyl (C=O) groups is 2. The summed E-state index contributed by atoms with van der Waals surface area (Å²) in [6.07, 6.45) is -0.272. The second-order valence-corrected chi connectivity index (χ2v) is 11.3. The molecule has 0 bridgehead atoms. The minimum Gasteiger partial charge on any atom is -0.460 e. The summed E-state index contributed by atoms with van der Waals surface area (Å²) in [7, 11) is 0. The summed E-state index contributed by atoms with van der Waals surface area (Å²) in [5.41, 5.74) is -0.623. The van der Waals surface area contributed by atoms with E-state index in [1.54, 1.807) is 26.6 Å². The molecule has 0 N–H and O–H groups in total. The van der Waals surface area contributed by atoms with E-state index in [0.29, 0.717) is 0 Å². The molecule has 0 aliphatic rings. The Morgan fingerprint density at radius 3 is 1.43 bits per heavy atom. The normalized spacial score (nSPS) is 11.6. The fourth-order valence-electron chi connectivity index (χ4n) is 3.44. The molecule has 0 atom stereocenters. The largest absolute Gasteiger partial charge is 0.460 e. The number of Topliss-reactive ketones (excluding diaryl/α,β-unsaturated/α-hetero) is 1. The molecule has 0 saturated heterocycles. The Morgan fingerprint density at radius 1 is 0.733 bits per heavy atom. The molecular weight excluding hydrogens is 391 g/mol. The van der Waals surface area contributed by atoms with Gasteiger partial charge in [-0.05, 0) is 49.4 Å². The summed E-state index contributed by atoms with van der Waals surface area (Å²) >= 11 is 0. The van der Waals surface area contributed by atoms with Crippen LogP contribution >= 0.6 is 6.89 Å². The van der Waals surface area contributed by atoms with Crippen LogP contribution in [0.25, 0.3) is 0 Å². The van der Waals surface area contributed by atoms with Crippen molar-refractivity contribution in [2.24, 2.45) is 0 Å². The van der Waals surface area contributed by atoms with Crippen molar-refractivity contribution in [3.05, 3.63) is 91.0 Å². The lowest BCUT2D eigenvalue weighted by atomic mass is 10.2. The highest BCUT2D eigenvalue weighted by Crippen LogP contribution is 2.43. The lowest BCUT2D eigenvalue weighted by Crippen LogP contribution is -2.30. The van der Waals surface area contributed by atoms with Crippen LogP contribution in [0.5, 0.6) is 0 Å². The molecule has 30 heavy (non-hydrogen) atoms. The highest BCUT2D eigenvalue weighted by atomic mass is 31.2. The number of ketones is 1. The third kappa shape index (κ3) is 5.17. The molecule has 0 aliphatic heterocycles. The van der Waals surface area contributed by atoms with E-state index >= 15 is 0 Å². The Morgan fingerprint density at radius 2 is 1.10 bits per heavy atom. The maximum absolute atomic E-state index is 13.1. The van der Waals surface area contributed by atoms with E-state index in [1.165, 1.54) is 0 Å². The monoisotopic (exact) mass is 418 g/mol. The fraction of sp³-hybridized carbons (Fsp3) is 0.192. The SMILES string of the molecule is CC(C)(C)OC(=O)CC(=O)C=P(c1ccccc1)(c1ccccc1)c1ccccc1. The highest BCUT2D eigenvalue weighted by Gasteiger charge is 2.27. The summed E-state index contributed by atoms with van der Waals surface area (Å²) in [4.78, 5) is 25.5. The van der Waals surface area contributed by atoms with Crippen LogP contribution in [-0.2, 0) is 14.3 Å². The van der Waals surface area contributed by atoms with Crippen molar-refractivity contribution in [3.8, 4) is 0 Å². The van der Waals surface area contributed by atoms with E-state index in [1.807, 2.05) is 54.6 Å². The van der Waals surface area contributed by atoms with Crippen molar-refractivity contribution < 1.29 is 14.3 Å². The zero-order chi connectivity index (χ0) is 21.6. The van der Waals surface area contributed by atoms with Gasteiger partial charge in [-0.2, -0.15) is 0 Å². The molecule has 3 aromatic carbocycles. The Kier molecular flexibility index (Phi) is 6.74. The summed E-state index contributed by atoms with van der Waals surface area (Å²) in [5, 5.41) is 3.21. The van der Waals surface area contributed by atoms with Gasteiger partial charge in [0.1, 0.15) is 12.0 Å². The topological polar surface area (TPSA) is 43.4 Å². The quantitative estimate of drug-likeness (QED) is 0.344. The molecule has 154 valence electrons. The molecular formula is C26H27O3P. The Labute approximate surface area is 178 Å². The van der Waals surface area contributed by atoms with E-state index in [9.17, 15) is 9.59 Å². The van der Waals surface area contributed by atoms with Crippen LogP contribution in [0.15, 0.2) is 91.0 Å². The second-order valence-electron chi connectivity index (χ2n) is 8.09. The van der Waals surface area contributed by atoms with Crippen LogP contribution in [-0.4, -0.2) is 23.2 Å². The maximum Gasteiger partial charge on any atom is 0.314 e. The summed E-state index contributed by atoms with van der Waals surface area (Å²) in [6.45, 7) is 3.00. The van der Waals surface area contributed by atoms with Gasteiger partial charge in [0, 0.05) is 0 Å². The van der Waals surface area contributed by atoms with Crippen LogP contribution in [0.4, 0.5) is 0 Å². The molecule has 0 unspecified atom stereocenters. The van der Waals surface area contributed by atoms with Gasteiger partial charge in [0.05, 0.1) is 0 Å². The molecule has 0 aromatic heterocycles. The van der Waals surface area contributed by atoms with Crippen LogP contribution in [0.1, 0.15) is 27.2 Å². The first-order valence-electron chi connectivity index (χ1n) is 9.97. The number of carbonyl (C=O) groups excluding carboxylic acids is 2. The third-order valence-corrected chi connectivity index (χ3v) is 8.58. The number of esters is 1. The number of hydrogen-bond donors (Lipinski definition) is 0. The molecule has 0 radical (unpaired) electrons. The van der Waals surface area contributed by atoms with Gasteiger partial charge in [0.25, 0.3) is 0 Å². The lowest BCUT2D eigenvalue weighted by Gasteiger charge is -2.28. The first-order valence-corrected chi connectivity index (χ1v) is 11.8. The standard InChI is InChI=1S/C26H27O3P/c1-26(2,3)29-25(28)19-21(27)20-30(22-13-7-4-8-14-22,23-15-9-5-10-16-23)24-17-11-6-12-18-24/h4-18,20H,19H2,1-3H3. The summed E-state index contributed by atoms with van der Waals surface area (Å²) in [6, 6.07) is 30.2.